The third-order valence-electron chi connectivity index (χ3n) is 2.31. The number of nitrogens with zero attached hydrogens (tertiary/aromatic N) is 3. The van der Waals surface area contributed by atoms with Gasteiger partial charge in [0.05, 0.1) is 0 Å². The topological polar surface area (TPSA) is 62.7 Å². The van der Waals surface area contributed by atoms with Crippen LogP contribution >= 0.6 is 23.2 Å². The minimum atomic E-state index is 0.157. The van der Waals surface area contributed by atoms with Crippen LogP contribution in [0.5, 0.6) is 0 Å². The highest BCUT2D eigenvalue weighted by Crippen LogP contribution is 2.12. The molecule has 2 rings (SSSR count). The molecule has 0 unspecified atom stereocenters. The molecule has 2 N–H and O–H groups in total. The van der Waals surface area contributed by atoms with E-state index in [1.807, 2.05) is 31.2 Å². The van der Waals surface area contributed by atoms with E-state index in [1.54, 1.807) is 0 Å². The molecule has 0 aliphatic carbocycles. The first kappa shape index (κ1) is 13.8. The van der Waals surface area contributed by atoms with E-state index in [0.717, 1.165) is 12.1 Å². The van der Waals surface area contributed by atoms with Gasteiger partial charge in [-0.3, -0.25) is 0 Å². The van der Waals surface area contributed by atoms with E-state index >= 15 is 0 Å². The Bertz CT molecular complexity index is 544. The molecular weight excluding hydrogens is 285 g/mol. The van der Waals surface area contributed by atoms with Crippen LogP contribution in [0.4, 0.5) is 11.9 Å². The van der Waals surface area contributed by atoms with Crippen molar-refractivity contribution in [1.29, 1.82) is 0 Å². The van der Waals surface area contributed by atoms with E-state index in [1.165, 1.54) is 0 Å². The van der Waals surface area contributed by atoms with Gasteiger partial charge in [-0.1, -0.05) is 23.7 Å². The predicted molar refractivity (Wildman–Crippen MR) is 77.8 cm³/mol. The Labute approximate surface area is 121 Å². The number of aromatic nitrogens is 3. The molecular formula is C12H13Cl2N5. The largest absolute Gasteiger partial charge is 0.354 e. The van der Waals surface area contributed by atoms with Crippen molar-refractivity contribution in [3.05, 3.63) is 40.1 Å². The third kappa shape index (κ3) is 4.22. The van der Waals surface area contributed by atoms with Crippen molar-refractivity contribution < 1.29 is 0 Å². The van der Waals surface area contributed by atoms with Crippen molar-refractivity contribution in [3.63, 3.8) is 0 Å². The lowest BCUT2D eigenvalue weighted by atomic mass is 10.2. The van der Waals surface area contributed by atoms with Gasteiger partial charge in [-0.15, -0.1) is 0 Å². The maximum atomic E-state index is 5.83. The average molecular weight is 298 g/mol. The fraction of sp³-hybridized carbons (Fsp3) is 0.250. The van der Waals surface area contributed by atoms with Gasteiger partial charge in [-0.2, -0.15) is 15.0 Å². The van der Waals surface area contributed by atoms with Gasteiger partial charge in [-0.05, 0) is 36.2 Å². The second-order valence-electron chi connectivity index (χ2n) is 3.76. The van der Waals surface area contributed by atoms with Gasteiger partial charge in [-0.25, -0.2) is 0 Å². The lowest BCUT2D eigenvalue weighted by molar-refractivity contribution is 0.987. The minimum absolute atomic E-state index is 0.157. The summed E-state index contributed by atoms with van der Waals surface area (Å²) in [5.41, 5.74) is 1.07. The SMILES string of the molecule is CCNc1nc(Cl)nc(NCc2ccc(Cl)cc2)n1. The van der Waals surface area contributed by atoms with Crippen LogP contribution in [-0.2, 0) is 6.54 Å². The highest BCUT2D eigenvalue weighted by molar-refractivity contribution is 6.30. The molecule has 0 bridgehead atoms. The Morgan fingerprint density at radius 3 is 2.21 bits per heavy atom. The molecule has 0 saturated carbocycles. The van der Waals surface area contributed by atoms with Crippen LogP contribution in [0, 0.1) is 0 Å². The van der Waals surface area contributed by atoms with Crippen LogP contribution in [0.15, 0.2) is 24.3 Å². The molecule has 0 aliphatic rings. The van der Waals surface area contributed by atoms with E-state index in [4.69, 9.17) is 23.2 Å². The van der Waals surface area contributed by atoms with Gasteiger partial charge in [0.25, 0.3) is 0 Å². The molecule has 19 heavy (non-hydrogen) atoms. The van der Waals surface area contributed by atoms with Crippen molar-refractivity contribution in [3.8, 4) is 0 Å². The summed E-state index contributed by atoms with van der Waals surface area (Å²) in [5.74, 6) is 0.895. The van der Waals surface area contributed by atoms with Crippen molar-refractivity contribution >= 4 is 35.1 Å². The maximum absolute atomic E-state index is 5.83. The molecule has 0 spiro atoms. The van der Waals surface area contributed by atoms with Crippen LogP contribution in [0.25, 0.3) is 0 Å². The second kappa shape index (κ2) is 6.54. The number of hydrogen-bond donors (Lipinski definition) is 2. The fourth-order valence-corrected chi connectivity index (χ4v) is 1.74. The molecule has 0 amide bonds. The predicted octanol–water partition coefficient (Wildman–Crippen LogP) is 3.22. The number of anilines is 2. The molecule has 0 fully saturated rings. The van der Waals surface area contributed by atoms with Gasteiger partial charge < -0.3 is 10.6 Å². The fourth-order valence-electron chi connectivity index (χ4n) is 1.45. The Hall–Kier alpha value is -1.59. The monoisotopic (exact) mass is 297 g/mol. The van der Waals surface area contributed by atoms with E-state index in [-0.39, 0.29) is 5.28 Å². The summed E-state index contributed by atoms with van der Waals surface area (Å²) >= 11 is 11.7. The quantitative estimate of drug-likeness (QED) is 0.887. The smallest absolute Gasteiger partial charge is 0.229 e. The maximum Gasteiger partial charge on any atom is 0.229 e. The molecule has 5 nitrogen and oxygen atoms in total. The van der Waals surface area contributed by atoms with Gasteiger partial charge in [0.1, 0.15) is 0 Å². The summed E-state index contributed by atoms with van der Waals surface area (Å²) in [5, 5.41) is 6.95. The molecule has 2 aromatic rings. The number of nitrogens with one attached hydrogen (secondary N) is 2. The standard InChI is InChI=1S/C12H13Cl2N5/c1-2-15-11-17-10(14)18-12(19-11)16-7-8-3-5-9(13)6-4-8/h3-6H,2,7H2,1H3,(H2,15,16,17,18,19). The molecule has 1 heterocycles. The van der Waals surface area contributed by atoms with Crippen molar-refractivity contribution in [2.75, 3.05) is 17.2 Å². The summed E-state index contributed by atoms with van der Waals surface area (Å²) in [6.07, 6.45) is 0. The molecule has 0 radical (unpaired) electrons. The lowest BCUT2D eigenvalue weighted by Gasteiger charge is -2.07. The number of rotatable bonds is 5. The minimum Gasteiger partial charge on any atom is -0.354 e. The van der Waals surface area contributed by atoms with Gasteiger partial charge >= 0.3 is 0 Å². The number of benzene rings is 1. The Balaban J connectivity index is 2.04. The Morgan fingerprint density at radius 2 is 1.58 bits per heavy atom. The lowest BCUT2D eigenvalue weighted by Crippen LogP contribution is -2.08. The Morgan fingerprint density at radius 1 is 0.947 bits per heavy atom. The van der Waals surface area contributed by atoms with E-state index < -0.39 is 0 Å². The summed E-state index contributed by atoms with van der Waals surface area (Å²) in [6, 6.07) is 7.54. The molecule has 0 atom stereocenters. The van der Waals surface area contributed by atoms with Crippen LogP contribution in [-0.4, -0.2) is 21.5 Å². The van der Waals surface area contributed by atoms with Crippen molar-refractivity contribution in [2.45, 2.75) is 13.5 Å². The molecule has 1 aromatic heterocycles. The zero-order valence-corrected chi connectivity index (χ0v) is 11.8. The van der Waals surface area contributed by atoms with Gasteiger partial charge in [0, 0.05) is 18.1 Å². The number of halogens is 2. The summed E-state index contributed by atoms with van der Waals surface area (Å²) in [6.45, 7) is 3.26. The van der Waals surface area contributed by atoms with Crippen LogP contribution < -0.4 is 10.6 Å². The summed E-state index contributed by atoms with van der Waals surface area (Å²) in [7, 11) is 0. The number of hydrogen-bond acceptors (Lipinski definition) is 5. The first-order valence-corrected chi connectivity index (χ1v) is 6.56. The van der Waals surface area contributed by atoms with Crippen LogP contribution in [0.2, 0.25) is 10.3 Å². The zero-order chi connectivity index (χ0) is 13.7. The van der Waals surface area contributed by atoms with Gasteiger partial charge in [0.2, 0.25) is 17.2 Å². The average Bonchev–Trinajstić information content (AvgIpc) is 2.38. The molecule has 100 valence electrons. The van der Waals surface area contributed by atoms with E-state index in [9.17, 15) is 0 Å². The van der Waals surface area contributed by atoms with E-state index in [0.29, 0.717) is 23.5 Å². The molecule has 1 aromatic carbocycles. The first-order valence-electron chi connectivity index (χ1n) is 5.81. The van der Waals surface area contributed by atoms with E-state index in [2.05, 4.69) is 25.6 Å². The zero-order valence-electron chi connectivity index (χ0n) is 10.3. The van der Waals surface area contributed by atoms with Crippen molar-refractivity contribution in [1.82, 2.24) is 15.0 Å². The highest BCUT2D eigenvalue weighted by atomic mass is 35.5. The second-order valence-corrected chi connectivity index (χ2v) is 4.54. The summed E-state index contributed by atoms with van der Waals surface area (Å²) in [4.78, 5) is 12.2. The van der Waals surface area contributed by atoms with Crippen LogP contribution in [0.3, 0.4) is 0 Å². The highest BCUT2D eigenvalue weighted by Gasteiger charge is 2.04. The third-order valence-corrected chi connectivity index (χ3v) is 2.73. The molecule has 0 saturated heterocycles. The molecule has 7 heteroatoms. The van der Waals surface area contributed by atoms with Gasteiger partial charge in [0.15, 0.2) is 0 Å². The molecule has 0 aliphatic heterocycles. The normalized spacial score (nSPS) is 10.3. The van der Waals surface area contributed by atoms with Crippen LogP contribution in [0.1, 0.15) is 12.5 Å². The first-order chi connectivity index (χ1) is 9.17. The summed E-state index contributed by atoms with van der Waals surface area (Å²) < 4.78 is 0. The van der Waals surface area contributed by atoms with Crippen molar-refractivity contribution in [2.24, 2.45) is 0 Å². The Kier molecular flexibility index (Phi) is 4.76.